The lowest BCUT2D eigenvalue weighted by atomic mass is 10.2. The summed E-state index contributed by atoms with van der Waals surface area (Å²) in [6.07, 6.45) is 0. The summed E-state index contributed by atoms with van der Waals surface area (Å²) in [5.41, 5.74) is 8.12. The van der Waals surface area contributed by atoms with Crippen LogP contribution < -0.4 is 5.73 Å². The molecule has 2 aromatic rings. The molecule has 0 aliphatic carbocycles. The maximum absolute atomic E-state index is 6.08. The Morgan fingerprint density at radius 2 is 2.05 bits per heavy atom. The number of halogens is 1. The second-order valence-electron chi connectivity index (χ2n) is 4.81. The molecule has 1 unspecified atom stereocenters. The Bertz CT molecular complexity index is 560. The number of anilines is 1. The third-order valence-corrected chi connectivity index (χ3v) is 4.03. The zero-order valence-corrected chi connectivity index (χ0v) is 13.3. The number of imidazole rings is 1. The molecular weight excluding hydrogens is 304 g/mol. The van der Waals surface area contributed by atoms with Crippen molar-refractivity contribution >= 4 is 32.9 Å². The van der Waals surface area contributed by atoms with Crippen molar-refractivity contribution in [3.8, 4) is 0 Å². The van der Waals surface area contributed by atoms with Gasteiger partial charge in [0.15, 0.2) is 0 Å². The van der Waals surface area contributed by atoms with E-state index in [9.17, 15) is 0 Å². The van der Waals surface area contributed by atoms with Crippen molar-refractivity contribution in [2.45, 2.75) is 26.8 Å². The van der Waals surface area contributed by atoms with E-state index in [1.807, 2.05) is 12.1 Å². The molecule has 1 aromatic heterocycles. The Labute approximate surface area is 122 Å². The third-order valence-electron chi connectivity index (χ3n) is 3.54. The number of hydrogen-bond acceptors (Lipinski definition) is 3. The smallest absolute Gasteiger partial charge is 0.201 e. The van der Waals surface area contributed by atoms with Crippen LogP contribution in [0.4, 0.5) is 5.95 Å². The average Bonchev–Trinajstić information content (AvgIpc) is 2.70. The van der Waals surface area contributed by atoms with E-state index in [2.05, 4.69) is 57.2 Å². The Hall–Kier alpha value is -1.07. The number of nitrogens with zero attached hydrogens (tertiary/aromatic N) is 3. The monoisotopic (exact) mass is 324 g/mol. The first-order valence-corrected chi connectivity index (χ1v) is 7.51. The molecule has 1 atom stereocenters. The molecule has 0 amide bonds. The van der Waals surface area contributed by atoms with E-state index >= 15 is 0 Å². The highest BCUT2D eigenvalue weighted by atomic mass is 79.9. The fraction of sp³-hybridized carbons (Fsp3) is 0.500. The Balaban J connectivity index is 2.36. The van der Waals surface area contributed by atoms with E-state index in [0.717, 1.165) is 35.1 Å². The quantitative estimate of drug-likeness (QED) is 0.918. The van der Waals surface area contributed by atoms with Crippen molar-refractivity contribution in [2.24, 2.45) is 0 Å². The molecule has 5 heteroatoms. The molecule has 2 N–H and O–H groups in total. The molecule has 0 aliphatic heterocycles. The lowest BCUT2D eigenvalue weighted by molar-refractivity contribution is 0.264. The summed E-state index contributed by atoms with van der Waals surface area (Å²) in [6, 6.07) is 6.42. The number of rotatable bonds is 5. The molecule has 0 aliphatic rings. The van der Waals surface area contributed by atoms with Gasteiger partial charge in [-0.25, -0.2) is 4.98 Å². The minimum absolute atomic E-state index is 0.311. The summed E-state index contributed by atoms with van der Waals surface area (Å²) in [5, 5.41) is 0. The molecule has 0 bridgehead atoms. The molecule has 104 valence electrons. The van der Waals surface area contributed by atoms with E-state index in [-0.39, 0.29) is 0 Å². The molecule has 1 aromatic carbocycles. The maximum Gasteiger partial charge on any atom is 0.201 e. The maximum atomic E-state index is 6.08. The molecule has 2 rings (SSSR count). The van der Waals surface area contributed by atoms with Crippen molar-refractivity contribution < 1.29 is 0 Å². The summed E-state index contributed by atoms with van der Waals surface area (Å²) >= 11 is 3.47. The zero-order chi connectivity index (χ0) is 14.0. The third kappa shape index (κ3) is 2.92. The molecule has 4 nitrogen and oxygen atoms in total. The van der Waals surface area contributed by atoms with Gasteiger partial charge in [-0.05, 0) is 38.2 Å². The van der Waals surface area contributed by atoms with Gasteiger partial charge in [0.25, 0.3) is 0 Å². The van der Waals surface area contributed by atoms with Crippen LogP contribution in [-0.2, 0) is 0 Å². The highest BCUT2D eigenvalue weighted by Crippen LogP contribution is 2.25. The first kappa shape index (κ1) is 14.3. The number of nitrogens with two attached hydrogens (primary N) is 1. The van der Waals surface area contributed by atoms with E-state index in [4.69, 9.17) is 5.73 Å². The molecular formula is C14H21BrN4. The molecule has 0 saturated heterocycles. The highest BCUT2D eigenvalue weighted by Gasteiger charge is 2.16. The molecule has 0 fully saturated rings. The van der Waals surface area contributed by atoms with E-state index < -0.39 is 0 Å². The van der Waals surface area contributed by atoms with Crippen LogP contribution >= 0.6 is 15.9 Å². The van der Waals surface area contributed by atoms with Crippen LogP contribution in [0.1, 0.15) is 26.8 Å². The predicted octanol–water partition coefficient (Wildman–Crippen LogP) is 3.28. The van der Waals surface area contributed by atoms with E-state index in [0.29, 0.717) is 12.0 Å². The summed E-state index contributed by atoms with van der Waals surface area (Å²) in [7, 11) is 0. The SMILES string of the molecule is CCN(CC)CC(C)n1c(N)nc2cc(Br)ccc21. The lowest BCUT2D eigenvalue weighted by Crippen LogP contribution is -2.29. The van der Waals surface area contributed by atoms with Crippen LogP contribution in [0, 0.1) is 0 Å². The Morgan fingerprint density at radius 1 is 1.37 bits per heavy atom. The van der Waals surface area contributed by atoms with Crippen molar-refractivity contribution in [1.29, 1.82) is 0 Å². The molecule has 19 heavy (non-hydrogen) atoms. The largest absolute Gasteiger partial charge is 0.369 e. The van der Waals surface area contributed by atoms with Crippen molar-refractivity contribution in [3.05, 3.63) is 22.7 Å². The molecule has 0 radical (unpaired) electrons. The topological polar surface area (TPSA) is 47.1 Å². The van der Waals surface area contributed by atoms with Crippen molar-refractivity contribution in [3.63, 3.8) is 0 Å². The first-order chi connectivity index (χ1) is 9.06. The summed E-state index contributed by atoms with van der Waals surface area (Å²) in [4.78, 5) is 6.84. The predicted molar refractivity (Wildman–Crippen MR) is 84.3 cm³/mol. The summed E-state index contributed by atoms with van der Waals surface area (Å²) in [5.74, 6) is 0.591. The fourth-order valence-corrected chi connectivity index (χ4v) is 2.84. The van der Waals surface area contributed by atoms with Gasteiger partial charge in [-0.1, -0.05) is 29.8 Å². The van der Waals surface area contributed by atoms with Crippen LogP contribution in [0.25, 0.3) is 11.0 Å². The second-order valence-corrected chi connectivity index (χ2v) is 5.72. The number of hydrogen-bond donors (Lipinski definition) is 1. The van der Waals surface area contributed by atoms with Gasteiger partial charge >= 0.3 is 0 Å². The van der Waals surface area contributed by atoms with Gasteiger partial charge in [-0.2, -0.15) is 0 Å². The van der Waals surface area contributed by atoms with Gasteiger partial charge in [-0.3, -0.25) is 0 Å². The number of nitrogen functional groups attached to an aromatic ring is 1. The van der Waals surface area contributed by atoms with Gasteiger partial charge in [0.2, 0.25) is 5.95 Å². The van der Waals surface area contributed by atoms with Crippen molar-refractivity contribution in [1.82, 2.24) is 14.5 Å². The van der Waals surface area contributed by atoms with Crippen LogP contribution in [0.15, 0.2) is 22.7 Å². The highest BCUT2D eigenvalue weighted by molar-refractivity contribution is 9.10. The number of aromatic nitrogens is 2. The van der Waals surface area contributed by atoms with Gasteiger partial charge in [0.1, 0.15) is 0 Å². The minimum Gasteiger partial charge on any atom is -0.369 e. The minimum atomic E-state index is 0.311. The molecule has 1 heterocycles. The van der Waals surface area contributed by atoms with Gasteiger partial charge in [-0.15, -0.1) is 0 Å². The standard InChI is InChI=1S/C14H21BrN4/c1-4-18(5-2)9-10(3)19-13-7-6-11(15)8-12(13)17-14(19)16/h6-8,10H,4-5,9H2,1-3H3,(H2,16,17). The molecule has 0 saturated carbocycles. The van der Waals surface area contributed by atoms with Gasteiger partial charge < -0.3 is 15.2 Å². The second kappa shape index (κ2) is 5.92. The van der Waals surface area contributed by atoms with Crippen LogP contribution in [0.2, 0.25) is 0 Å². The van der Waals surface area contributed by atoms with E-state index in [1.165, 1.54) is 0 Å². The zero-order valence-electron chi connectivity index (χ0n) is 11.7. The van der Waals surface area contributed by atoms with Gasteiger partial charge in [0, 0.05) is 17.1 Å². The Morgan fingerprint density at radius 3 is 2.68 bits per heavy atom. The van der Waals surface area contributed by atoms with E-state index in [1.54, 1.807) is 0 Å². The first-order valence-electron chi connectivity index (χ1n) is 6.72. The van der Waals surface area contributed by atoms with Gasteiger partial charge in [0.05, 0.1) is 11.0 Å². The average molecular weight is 325 g/mol. The van der Waals surface area contributed by atoms with Crippen molar-refractivity contribution in [2.75, 3.05) is 25.4 Å². The lowest BCUT2D eigenvalue weighted by Gasteiger charge is -2.24. The Kier molecular flexibility index (Phi) is 4.47. The van der Waals surface area contributed by atoms with Crippen LogP contribution in [-0.4, -0.2) is 34.1 Å². The summed E-state index contributed by atoms with van der Waals surface area (Å²) in [6.45, 7) is 9.65. The number of fused-ring (bicyclic) bond motifs is 1. The van der Waals surface area contributed by atoms with Crippen LogP contribution in [0.5, 0.6) is 0 Å². The van der Waals surface area contributed by atoms with Crippen LogP contribution in [0.3, 0.4) is 0 Å². The number of likely N-dealkylation sites (N-methyl/N-ethyl adjacent to an activating group) is 1. The summed E-state index contributed by atoms with van der Waals surface area (Å²) < 4.78 is 3.15. The molecule has 0 spiro atoms. The fourth-order valence-electron chi connectivity index (χ4n) is 2.49. The number of benzene rings is 1. The normalized spacial score (nSPS) is 13.3.